The zero-order valence-corrected chi connectivity index (χ0v) is 18.3. The second-order valence-corrected chi connectivity index (χ2v) is 7.85. The fraction of sp³-hybridized carbons (Fsp3) is 0.150. The third-order valence-corrected chi connectivity index (χ3v) is 5.22. The van der Waals surface area contributed by atoms with E-state index in [1.54, 1.807) is 23.6 Å². The summed E-state index contributed by atoms with van der Waals surface area (Å²) in [6, 6.07) is 11.3. The van der Waals surface area contributed by atoms with Crippen LogP contribution in [0.2, 0.25) is 0 Å². The summed E-state index contributed by atoms with van der Waals surface area (Å²) in [5.41, 5.74) is 1.77. The van der Waals surface area contributed by atoms with Crippen molar-refractivity contribution in [2.75, 3.05) is 24.3 Å². The van der Waals surface area contributed by atoms with Crippen LogP contribution in [0.3, 0.4) is 0 Å². The average molecular weight is 493 g/mol. The van der Waals surface area contributed by atoms with E-state index in [0.717, 1.165) is 4.47 Å². The van der Waals surface area contributed by atoms with Gasteiger partial charge in [-0.1, -0.05) is 15.9 Å². The summed E-state index contributed by atoms with van der Waals surface area (Å²) >= 11 is 4.55. The second kappa shape index (κ2) is 10.2. The van der Waals surface area contributed by atoms with Crippen molar-refractivity contribution < 1.29 is 18.7 Å². The van der Waals surface area contributed by atoms with Gasteiger partial charge in [0.25, 0.3) is 0 Å². The van der Waals surface area contributed by atoms with Crippen molar-refractivity contribution in [2.24, 2.45) is 0 Å². The lowest BCUT2D eigenvalue weighted by molar-refractivity contribution is -0.116. The molecule has 0 saturated carbocycles. The highest BCUT2D eigenvalue weighted by Crippen LogP contribution is 2.28. The van der Waals surface area contributed by atoms with E-state index >= 15 is 0 Å². The van der Waals surface area contributed by atoms with Gasteiger partial charge in [-0.25, -0.2) is 14.2 Å². The number of thiazole rings is 1. The number of halogens is 2. The zero-order valence-electron chi connectivity index (χ0n) is 15.9. The molecule has 3 aromatic rings. The van der Waals surface area contributed by atoms with Crippen LogP contribution in [-0.2, 0) is 4.79 Å². The molecule has 7 nitrogen and oxygen atoms in total. The Kier molecular flexibility index (Phi) is 7.36. The van der Waals surface area contributed by atoms with E-state index in [0.29, 0.717) is 22.1 Å². The molecule has 1 aromatic heterocycles. The van der Waals surface area contributed by atoms with Gasteiger partial charge in [0.2, 0.25) is 5.91 Å². The molecule has 0 fully saturated rings. The van der Waals surface area contributed by atoms with Gasteiger partial charge < -0.3 is 20.7 Å². The largest absolute Gasteiger partial charge is 0.494 e. The highest BCUT2D eigenvalue weighted by molar-refractivity contribution is 9.10. The van der Waals surface area contributed by atoms with E-state index in [2.05, 4.69) is 36.9 Å². The molecule has 0 unspecified atom stereocenters. The summed E-state index contributed by atoms with van der Waals surface area (Å²) in [5, 5.41) is 10.1. The van der Waals surface area contributed by atoms with Crippen LogP contribution in [0.5, 0.6) is 5.75 Å². The van der Waals surface area contributed by atoms with Crippen molar-refractivity contribution in [2.45, 2.75) is 6.42 Å². The van der Waals surface area contributed by atoms with E-state index in [4.69, 9.17) is 4.74 Å². The molecule has 30 heavy (non-hydrogen) atoms. The maximum absolute atomic E-state index is 13.9. The van der Waals surface area contributed by atoms with E-state index in [1.807, 2.05) is 12.1 Å². The molecule has 2 aromatic carbocycles. The number of rotatable bonds is 7. The first-order chi connectivity index (χ1) is 14.4. The Bertz CT molecular complexity index is 1040. The summed E-state index contributed by atoms with van der Waals surface area (Å²) in [6.45, 7) is 0.163. The molecule has 1 heterocycles. The molecule has 3 rings (SSSR count). The smallest absolute Gasteiger partial charge is 0.319 e. The van der Waals surface area contributed by atoms with Crippen LogP contribution in [0.15, 0.2) is 52.3 Å². The van der Waals surface area contributed by atoms with Gasteiger partial charge in [0.05, 0.1) is 12.8 Å². The van der Waals surface area contributed by atoms with Crippen molar-refractivity contribution in [3.8, 4) is 17.0 Å². The lowest BCUT2D eigenvalue weighted by atomic mass is 10.1. The Balaban J connectivity index is 1.45. The Morgan fingerprint density at radius 3 is 2.63 bits per heavy atom. The number of methoxy groups -OCH3 is 1. The van der Waals surface area contributed by atoms with E-state index in [-0.39, 0.29) is 24.6 Å². The van der Waals surface area contributed by atoms with Crippen LogP contribution < -0.4 is 20.7 Å². The number of nitrogens with one attached hydrogen (secondary N) is 3. The van der Waals surface area contributed by atoms with Gasteiger partial charge >= 0.3 is 6.03 Å². The van der Waals surface area contributed by atoms with Crippen molar-refractivity contribution in [1.29, 1.82) is 0 Å². The fourth-order valence-electron chi connectivity index (χ4n) is 2.47. The van der Waals surface area contributed by atoms with Gasteiger partial charge in [-0.05, 0) is 42.5 Å². The number of nitrogens with zero attached hydrogens (tertiary/aromatic N) is 1. The average Bonchev–Trinajstić information content (AvgIpc) is 3.18. The summed E-state index contributed by atoms with van der Waals surface area (Å²) < 4.78 is 19.7. The lowest BCUT2D eigenvalue weighted by Crippen LogP contribution is -2.31. The number of anilines is 2. The first-order valence-electron chi connectivity index (χ1n) is 8.84. The number of benzene rings is 2. The van der Waals surface area contributed by atoms with Crippen molar-refractivity contribution in [3.63, 3.8) is 0 Å². The number of amides is 3. The van der Waals surface area contributed by atoms with Crippen molar-refractivity contribution in [3.05, 3.63) is 58.1 Å². The van der Waals surface area contributed by atoms with Crippen LogP contribution in [-0.4, -0.2) is 30.6 Å². The number of urea groups is 1. The number of hydrogen-bond donors (Lipinski definition) is 3. The monoisotopic (exact) mass is 492 g/mol. The van der Waals surface area contributed by atoms with Gasteiger partial charge in [0, 0.05) is 34.1 Å². The molecular weight excluding hydrogens is 475 g/mol. The van der Waals surface area contributed by atoms with Crippen LogP contribution >= 0.6 is 27.3 Å². The molecule has 0 atom stereocenters. The molecular formula is C20H18BrFN4O3S. The van der Waals surface area contributed by atoms with E-state index < -0.39 is 11.8 Å². The minimum atomic E-state index is -0.485. The zero-order chi connectivity index (χ0) is 21.5. The minimum absolute atomic E-state index is 0.0832. The molecule has 0 radical (unpaired) electrons. The number of ether oxygens (including phenoxy) is 1. The molecule has 0 bridgehead atoms. The van der Waals surface area contributed by atoms with Gasteiger partial charge in [0.15, 0.2) is 16.7 Å². The third-order valence-electron chi connectivity index (χ3n) is 3.94. The summed E-state index contributed by atoms with van der Waals surface area (Å²) in [7, 11) is 1.40. The van der Waals surface area contributed by atoms with Crippen LogP contribution in [0.25, 0.3) is 11.3 Å². The van der Waals surface area contributed by atoms with Crippen molar-refractivity contribution in [1.82, 2.24) is 10.3 Å². The number of hydrogen-bond acceptors (Lipinski definition) is 5. The number of carbonyl (C=O) groups is 2. The molecule has 0 saturated heterocycles. The Morgan fingerprint density at radius 2 is 1.93 bits per heavy atom. The van der Waals surface area contributed by atoms with Gasteiger partial charge in [-0.2, -0.15) is 0 Å². The molecule has 0 aliphatic carbocycles. The quantitative estimate of drug-likeness (QED) is 0.438. The highest BCUT2D eigenvalue weighted by atomic mass is 79.9. The van der Waals surface area contributed by atoms with Crippen LogP contribution in [0.4, 0.5) is 20.0 Å². The molecule has 0 aliphatic heterocycles. The normalized spacial score (nSPS) is 10.4. The summed E-state index contributed by atoms with van der Waals surface area (Å²) in [5.74, 6) is -0.624. The lowest BCUT2D eigenvalue weighted by Gasteiger charge is -2.07. The molecule has 0 spiro atoms. The maximum atomic E-state index is 13.9. The fourth-order valence-corrected chi connectivity index (χ4v) is 3.47. The predicted molar refractivity (Wildman–Crippen MR) is 118 cm³/mol. The standard InChI is InChI=1S/C20H18BrFN4O3S/c1-29-17-7-2-12(10-15(17)22)16-11-30-20(25-16)26-18(27)8-9-23-19(28)24-14-5-3-13(21)4-6-14/h2-7,10-11H,8-9H2,1H3,(H2,23,24,28)(H,25,26,27). The van der Waals surface area contributed by atoms with Crippen LogP contribution in [0, 0.1) is 5.82 Å². The molecule has 10 heteroatoms. The van der Waals surface area contributed by atoms with E-state index in [1.165, 1.54) is 30.6 Å². The summed E-state index contributed by atoms with van der Waals surface area (Å²) in [4.78, 5) is 28.2. The third kappa shape index (κ3) is 6.01. The molecule has 3 amide bonds. The maximum Gasteiger partial charge on any atom is 0.319 e. The molecule has 156 valence electrons. The van der Waals surface area contributed by atoms with Gasteiger partial charge in [-0.15, -0.1) is 11.3 Å². The second-order valence-electron chi connectivity index (χ2n) is 6.07. The molecule has 3 N–H and O–H groups in total. The first kappa shape index (κ1) is 21.7. The summed E-state index contributed by atoms with van der Waals surface area (Å²) in [6.07, 6.45) is 0.0832. The topological polar surface area (TPSA) is 92.4 Å². The van der Waals surface area contributed by atoms with Crippen molar-refractivity contribution >= 4 is 50.0 Å². The first-order valence-corrected chi connectivity index (χ1v) is 10.5. The van der Waals surface area contributed by atoms with E-state index in [9.17, 15) is 14.0 Å². The van der Waals surface area contributed by atoms with Crippen LogP contribution in [0.1, 0.15) is 6.42 Å². The predicted octanol–water partition coefficient (Wildman–Crippen LogP) is 4.87. The van der Waals surface area contributed by atoms with Gasteiger partial charge in [-0.3, -0.25) is 4.79 Å². The van der Waals surface area contributed by atoms with Gasteiger partial charge in [0.1, 0.15) is 0 Å². The number of carbonyl (C=O) groups excluding carboxylic acids is 2. The highest BCUT2D eigenvalue weighted by Gasteiger charge is 2.11. The Hall–Kier alpha value is -2.98. The Morgan fingerprint density at radius 1 is 1.17 bits per heavy atom. The minimum Gasteiger partial charge on any atom is -0.494 e. The number of aromatic nitrogens is 1. The molecule has 0 aliphatic rings. The SMILES string of the molecule is COc1ccc(-c2csc(NC(=O)CCNC(=O)Nc3ccc(Br)cc3)n2)cc1F. The Labute approximate surface area is 184 Å².